The molecule has 0 bridgehead atoms. The lowest BCUT2D eigenvalue weighted by Gasteiger charge is -2.11. The number of aryl methyl sites for hydroxylation is 1. The normalized spacial score (nSPS) is 10.9. The lowest BCUT2D eigenvalue weighted by atomic mass is 10.1. The monoisotopic (exact) mass is 270 g/mol. The fourth-order valence-corrected chi connectivity index (χ4v) is 2.72. The van der Waals surface area contributed by atoms with Gasteiger partial charge in [0.2, 0.25) is 0 Å². The van der Waals surface area contributed by atoms with Crippen LogP contribution in [0.25, 0.3) is 21.5 Å². The highest BCUT2D eigenvalue weighted by Crippen LogP contribution is 2.27. The molecule has 1 aromatic carbocycles. The van der Waals surface area contributed by atoms with Crippen molar-refractivity contribution in [1.29, 1.82) is 0 Å². The SMILES string of the molecule is Cc1nc2cc(-c3cncc(N(C)C)n3)ccc2s1. The van der Waals surface area contributed by atoms with Crippen LogP contribution in [0.3, 0.4) is 0 Å². The number of benzene rings is 1. The molecule has 0 atom stereocenters. The number of nitrogens with zero attached hydrogens (tertiary/aromatic N) is 4. The van der Waals surface area contributed by atoms with Crippen LogP contribution in [-0.4, -0.2) is 29.0 Å². The van der Waals surface area contributed by atoms with Crippen molar-refractivity contribution in [2.75, 3.05) is 19.0 Å². The first-order chi connectivity index (χ1) is 9.13. The molecular formula is C14H14N4S. The number of hydrogen-bond donors (Lipinski definition) is 0. The first-order valence-corrected chi connectivity index (χ1v) is 6.82. The molecule has 0 aliphatic heterocycles. The standard InChI is InChI=1S/C14H14N4S/c1-9-16-11-6-10(4-5-13(11)19-9)12-7-15-8-14(17-12)18(2)3/h4-8H,1-3H3. The summed E-state index contributed by atoms with van der Waals surface area (Å²) in [6, 6.07) is 6.24. The number of fused-ring (bicyclic) bond motifs is 1. The van der Waals surface area contributed by atoms with Gasteiger partial charge >= 0.3 is 0 Å². The maximum Gasteiger partial charge on any atom is 0.147 e. The van der Waals surface area contributed by atoms with E-state index >= 15 is 0 Å². The van der Waals surface area contributed by atoms with Crippen LogP contribution in [0.4, 0.5) is 5.82 Å². The molecule has 0 aliphatic rings. The van der Waals surface area contributed by atoms with Gasteiger partial charge in [-0.15, -0.1) is 11.3 Å². The van der Waals surface area contributed by atoms with E-state index in [9.17, 15) is 0 Å². The van der Waals surface area contributed by atoms with E-state index in [0.29, 0.717) is 0 Å². The number of aromatic nitrogens is 3. The lowest BCUT2D eigenvalue weighted by molar-refractivity contribution is 1.04. The molecule has 0 spiro atoms. The molecule has 96 valence electrons. The average molecular weight is 270 g/mol. The number of hydrogen-bond acceptors (Lipinski definition) is 5. The molecule has 0 aliphatic carbocycles. The van der Waals surface area contributed by atoms with E-state index in [1.807, 2.05) is 25.9 Å². The lowest BCUT2D eigenvalue weighted by Crippen LogP contribution is -2.11. The molecular weight excluding hydrogens is 256 g/mol. The van der Waals surface area contributed by atoms with Crippen molar-refractivity contribution in [3.8, 4) is 11.3 Å². The Labute approximate surface area is 115 Å². The van der Waals surface area contributed by atoms with Crippen LogP contribution in [0.1, 0.15) is 5.01 Å². The van der Waals surface area contributed by atoms with Gasteiger partial charge in [0.05, 0.1) is 33.3 Å². The minimum absolute atomic E-state index is 0.854. The maximum absolute atomic E-state index is 4.60. The highest BCUT2D eigenvalue weighted by atomic mass is 32.1. The summed E-state index contributed by atoms with van der Waals surface area (Å²) in [6.45, 7) is 2.02. The topological polar surface area (TPSA) is 41.9 Å². The Morgan fingerprint density at radius 2 is 1.95 bits per heavy atom. The van der Waals surface area contributed by atoms with Gasteiger partial charge in [-0.2, -0.15) is 0 Å². The Hall–Kier alpha value is -2.01. The van der Waals surface area contributed by atoms with Gasteiger partial charge in [0.25, 0.3) is 0 Å². The van der Waals surface area contributed by atoms with Gasteiger partial charge in [0, 0.05) is 19.7 Å². The zero-order chi connectivity index (χ0) is 13.4. The fraction of sp³-hybridized carbons (Fsp3) is 0.214. The largest absolute Gasteiger partial charge is 0.361 e. The van der Waals surface area contributed by atoms with Crippen LogP contribution in [0.5, 0.6) is 0 Å². The predicted molar refractivity (Wildman–Crippen MR) is 79.7 cm³/mol. The van der Waals surface area contributed by atoms with E-state index in [1.54, 1.807) is 23.7 Å². The van der Waals surface area contributed by atoms with Gasteiger partial charge in [-0.25, -0.2) is 9.97 Å². The summed E-state index contributed by atoms with van der Waals surface area (Å²) >= 11 is 1.71. The van der Waals surface area contributed by atoms with Crippen LogP contribution < -0.4 is 4.90 Å². The predicted octanol–water partition coefficient (Wildman–Crippen LogP) is 3.13. The molecule has 19 heavy (non-hydrogen) atoms. The Morgan fingerprint density at radius 1 is 1.11 bits per heavy atom. The summed E-state index contributed by atoms with van der Waals surface area (Å²) in [5, 5.41) is 1.08. The van der Waals surface area contributed by atoms with Gasteiger partial charge in [-0.3, -0.25) is 4.98 Å². The summed E-state index contributed by atoms with van der Waals surface area (Å²) < 4.78 is 1.21. The van der Waals surface area contributed by atoms with Crippen molar-refractivity contribution in [2.45, 2.75) is 6.92 Å². The third-order valence-corrected chi connectivity index (χ3v) is 3.82. The molecule has 0 fully saturated rings. The van der Waals surface area contributed by atoms with E-state index in [2.05, 4.69) is 33.2 Å². The first kappa shape index (κ1) is 12.0. The molecule has 0 N–H and O–H groups in total. The molecule has 0 saturated heterocycles. The Kier molecular flexibility index (Phi) is 2.91. The van der Waals surface area contributed by atoms with Gasteiger partial charge < -0.3 is 4.90 Å². The highest BCUT2D eigenvalue weighted by Gasteiger charge is 2.06. The second-order valence-corrected chi connectivity index (χ2v) is 5.81. The zero-order valence-electron chi connectivity index (χ0n) is 11.1. The summed E-state index contributed by atoms with van der Waals surface area (Å²) in [5.74, 6) is 0.854. The third kappa shape index (κ3) is 2.29. The quantitative estimate of drug-likeness (QED) is 0.717. The van der Waals surface area contributed by atoms with Gasteiger partial charge in [-0.05, 0) is 19.1 Å². The van der Waals surface area contributed by atoms with Crippen LogP contribution in [-0.2, 0) is 0 Å². The molecule has 5 heteroatoms. The van der Waals surface area contributed by atoms with Gasteiger partial charge in [-0.1, -0.05) is 6.07 Å². The number of thiazole rings is 1. The third-order valence-electron chi connectivity index (χ3n) is 2.87. The Morgan fingerprint density at radius 3 is 2.74 bits per heavy atom. The molecule has 3 rings (SSSR count). The van der Waals surface area contributed by atoms with Crippen molar-refractivity contribution in [1.82, 2.24) is 15.0 Å². The summed E-state index contributed by atoms with van der Waals surface area (Å²) in [6.07, 6.45) is 3.54. The van der Waals surface area contributed by atoms with Gasteiger partial charge in [0.15, 0.2) is 0 Å². The van der Waals surface area contributed by atoms with E-state index in [-0.39, 0.29) is 0 Å². The summed E-state index contributed by atoms with van der Waals surface area (Å²) in [5.41, 5.74) is 2.95. The average Bonchev–Trinajstić information content (AvgIpc) is 2.77. The van der Waals surface area contributed by atoms with Crippen molar-refractivity contribution in [3.05, 3.63) is 35.6 Å². The zero-order valence-corrected chi connectivity index (χ0v) is 11.9. The van der Waals surface area contributed by atoms with E-state index in [1.165, 1.54) is 4.70 Å². The minimum atomic E-state index is 0.854. The van der Waals surface area contributed by atoms with Crippen LogP contribution >= 0.6 is 11.3 Å². The summed E-state index contributed by atoms with van der Waals surface area (Å²) in [4.78, 5) is 15.3. The van der Waals surface area contributed by atoms with Crippen LogP contribution in [0.2, 0.25) is 0 Å². The van der Waals surface area contributed by atoms with Crippen LogP contribution in [0.15, 0.2) is 30.6 Å². The molecule has 0 amide bonds. The molecule has 3 aromatic rings. The highest BCUT2D eigenvalue weighted by molar-refractivity contribution is 7.18. The first-order valence-electron chi connectivity index (χ1n) is 6.00. The van der Waals surface area contributed by atoms with Crippen molar-refractivity contribution in [3.63, 3.8) is 0 Å². The number of anilines is 1. The smallest absolute Gasteiger partial charge is 0.147 e. The summed E-state index contributed by atoms with van der Waals surface area (Å²) in [7, 11) is 3.92. The van der Waals surface area contributed by atoms with Crippen LogP contribution in [0, 0.1) is 6.92 Å². The fourth-order valence-electron chi connectivity index (χ4n) is 1.91. The second-order valence-electron chi connectivity index (χ2n) is 4.57. The Balaban J connectivity index is 2.10. The van der Waals surface area contributed by atoms with Gasteiger partial charge in [0.1, 0.15) is 5.82 Å². The molecule has 0 radical (unpaired) electrons. The maximum atomic E-state index is 4.60. The Bertz CT molecular complexity index is 733. The minimum Gasteiger partial charge on any atom is -0.361 e. The molecule has 0 unspecified atom stereocenters. The number of rotatable bonds is 2. The van der Waals surface area contributed by atoms with Crippen molar-refractivity contribution >= 4 is 27.4 Å². The van der Waals surface area contributed by atoms with Crippen molar-refractivity contribution in [2.24, 2.45) is 0 Å². The molecule has 2 aromatic heterocycles. The molecule has 4 nitrogen and oxygen atoms in total. The second kappa shape index (κ2) is 4.59. The van der Waals surface area contributed by atoms with E-state index in [0.717, 1.165) is 27.6 Å². The van der Waals surface area contributed by atoms with E-state index < -0.39 is 0 Å². The molecule has 0 saturated carbocycles. The van der Waals surface area contributed by atoms with E-state index in [4.69, 9.17) is 0 Å². The molecule has 2 heterocycles. The van der Waals surface area contributed by atoms with Crippen molar-refractivity contribution < 1.29 is 0 Å².